The van der Waals surface area contributed by atoms with E-state index in [1.165, 1.54) is 44.9 Å². The number of Topliss-reactive ketones (excluding diaryl/α,β-unsaturated/α-hetero) is 1. The molecular formula is C15H26ClNO. The van der Waals surface area contributed by atoms with Crippen LogP contribution in [0.15, 0.2) is 0 Å². The summed E-state index contributed by atoms with van der Waals surface area (Å²) in [5.41, 5.74) is 0.0945. The van der Waals surface area contributed by atoms with E-state index in [0.717, 1.165) is 17.8 Å². The molecule has 104 valence electrons. The number of carbonyl (C=O) groups excluding carboxylic acids is 1. The molecule has 3 heteroatoms. The number of hydrogen-bond acceptors (Lipinski definition) is 2. The van der Waals surface area contributed by atoms with Crippen molar-refractivity contribution >= 4 is 18.2 Å². The van der Waals surface area contributed by atoms with E-state index in [1.54, 1.807) is 0 Å². The molecule has 4 rings (SSSR count). The van der Waals surface area contributed by atoms with Crippen LogP contribution >= 0.6 is 12.4 Å². The van der Waals surface area contributed by atoms with E-state index in [9.17, 15) is 4.79 Å². The number of carbonyl (C=O) groups is 1. The molecule has 0 aromatic heterocycles. The Kier molecular flexibility index (Phi) is 4.08. The minimum Gasteiger partial charge on any atom is -0.302 e. The van der Waals surface area contributed by atoms with Gasteiger partial charge in [-0.25, -0.2) is 0 Å². The maximum absolute atomic E-state index is 12.6. The van der Waals surface area contributed by atoms with Gasteiger partial charge >= 0.3 is 0 Å². The Balaban J connectivity index is 0.00000120. The lowest BCUT2D eigenvalue weighted by molar-refractivity contribution is -0.136. The molecule has 0 aliphatic heterocycles. The second-order valence-electron chi connectivity index (χ2n) is 7.20. The van der Waals surface area contributed by atoms with E-state index in [1.807, 2.05) is 14.1 Å². The maximum atomic E-state index is 12.6. The Bertz CT molecular complexity index is 312. The number of hydrogen-bond donors (Lipinski definition) is 0. The first kappa shape index (κ1) is 14.3. The highest BCUT2D eigenvalue weighted by Gasteiger charge is 2.51. The highest BCUT2D eigenvalue weighted by molar-refractivity contribution is 5.87. The summed E-state index contributed by atoms with van der Waals surface area (Å²) < 4.78 is 0. The Morgan fingerprint density at radius 3 is 2.06 bits per heavy atom. The first-order valence-electron chi connectivity index (χ1n) is 7.25. The number of likely N-dealkylation sites (N-methyl/N-ethyl adjacent to an activating group) is 1. The van der Waals surface area contributed by atoms with Crippen LogP contribution in [0.5, 0.6) is 0 Å². The molecule has 2 unspecified atom stereocenters. The number of rotatable bonds is 3. The van der Waals surface area contributed by atoms with Crippen LogP contribution in [-0.4, -0.2) is 31.3 Å². The summed E-state index contributed by atoms with van der Waals surface area (Å²) in [6.45, 7) is 0.659. The lowest BCUT2D eigenvalue weighted by Crippen LogP contribution is -2.46. The van der Waals surface area contributed by atoms with Crippen molar-refractivity contribution in [3.8, 4) is 0 Å². The van der Waals surface area contributed by atoms with Crippen LogP contribution in [0.3, 0.4) is 0 Å². The Morgan fingerprint density at radius 1 is 1.06 bits per heavy atom. The van der Waals surface area contributed by atoms with Gasteiger partial charge in [-0.3, -0.25) is 4.79 Å². The lowest BCUT2D eigenvalue weighted by Gasteiger charge is -2.47. The zero-order valence-corrected chi connectivity index (χ0v) is 12.5. The van der Waals surface area contributed by atoms with Crippen molar-refractivity contribution in [2.45, 2.75) is 44.9 Å². The molecule has 0 aromatic rings. The van der Waals surface area contributed by atoms with E-state index in [-0.39, 0.29) is 17.8 Å². The van der Waals surface area contributed by atoms with Gasteiger partial charge < -0.3 is 4.90 Å². The van der Waals surface area contributed by atoms with Crippen molar-refractivity contribution in [2.75, 3.05) is 20.6 Å². The smallest absolute Gasteiger partial charge is 0.152 e. The quantitative estimate of drug-likeness (QED) is 0.786. The van der Waals surface area contributed by atoms with Gasteiger partial charge in [-0.15, -0.1) is 12.4 Å². The zero-order chi connectivity index (χ0) is 12.0. The van der Waals surface area contributed by atoms with E-state index < -0.39 is 0 Å². The Labute approximate surface area is 117 Å². The minimum absolute atomic E-state index is 0. The summed E-state index contributed by atoms with van der Waals surface area (Å²) in [5.74, 6) is 3.16. The molecule has 0 N–H and O–H groups in total. The van der Waals surface area contributed by atoms with Crippen molar-refractivity contribution < 1.29 is 4.79 Å². The third kappa shape index (κ3) is 2.46. The zero-order valence-electron chi connectivity index (χ0n) is 11.7. The molecule has 0 spiro atoms. The van der Waals surface area contributed by atoms with Crippen LogP contribution in [0, 0.1) is 23.2 Å². The number of ketones is 1. The van der Waals surface area contributed by atoms with Gasteiger partial charge in [-0.05, 0) is 64.0 Å². The van der Waals surface area contributed by atoms with E-state index in [2.05, 4.69) is 4.90 Å². The van der Waals surface area contributed by atoms with Gasteiger partial charge in [0.25, 0.3) is 0 Å². The molecule has 4 bridgehead atoms. The largest absolute Gasteiger partial charge is 0.302 e. The normalized spacial score (nSPS) is 41.6. The molecule has 2 atom stereocenters. The second kappa shape index (κ2) is 5.13. The molecule has 4 aliphatic rings. The standard InChI is InChI=1S/C15H25NO.ClH/c1-16(2)10-14(17)15-7-11-3-4-12(8-15)6-13(5-11)9-15;/h11-13H,3-10H2,1-2H3;1H. The van der Waals surface area contributed by atoms with Crippen molar-refractivity contribution in [1.82, 2.24) is 4.90 Å². The maximum Gasteiger partial charge on any atom is 0.152 e. The monoisotopic (exact) mass is 271 g/mol. The molecule has 4 aliphatic carbocycles. The molecule has 0 saturated heterocycles. The molecule has 0 radical (unpaired) electrons. The summed E-state index contributed by atoms with van der Waals surface area (Å²) in [7, 11) is 4.04. The fourth-order valence-corrected chi connectivity index (χ4v) is 4.99. The summed E-state index contributed by atoms with van der Waals surface area (Å²) in [4.78, 5) is 14.7. The first-order chi connectivity index (χ1) is 8.07. The molecular weight excluding hydrogens is 246 g/mol. The van der Waals surface area contributed by atoms with Gasteiger partial charge in [0.1, 0.15) is 0 Å². The van der Waals surface area contributed by atoms with Gasteiger partial charge in [0.2, 0.25) is 0 Å². The first-order valence-corrected chi connectivity index (χ1v) is 7.25. The van der Waals surface area contributed by atoms with Gasteiger partial charge in [0.15, 0.2) is 5.78 Å². The highest BCUT2D eigenvalue weighted by atomic mass is 35.5. The molecule has 0 aromatic carbocycles. The average Bonchev–Trinajstić information content (AvgIpc) is 2.44. The molecule has 4 fully saturated rings. The average molecular weight is 272 g/mol. The van der Waals surface area contributed by atoms with Crippen LogP contribution in [0.4, 0.5) is 0 Å². The van der Waals surface area contributed by atoms with Gasteiger partial charge in [0, 0.05) is 5.41 Å². The van der Waals surface area contributed by atoms with Crippen molar-refractivity contribution in [3.63, 3.8) is 0 Å². The van der Waals surface area contributed by atoms with E-state index >= 15 is 0 Å². The summed E-state index contributed by atoms with van der Waals surface area (Å²) in [6, 6.07) is 0. The minimum atomic E-state index is 0. The van der Waals surface area contributed by atoms with Crippen molar-refractivity contribution in [2.24, 2.45) is 23.2 Å². The molecule has 2 nitrogen and oxygen atoms in total. The third-order valence-electron chi connectivity index (χ3n) is 5.41. The van der Waals surface area contributed by atoms with Gasteiger partial charge in [0.05, 0.1) is 6.54 Å². The summed E-state index contributed by atoms with van der Waals surface area (Å²) in [6.07, 6.45) is 9.29. The van der Waals surface area contributed by atoms with Crippen LogP contribution in [0.2, 0.25) is 0 Å². The fourth-order valence-electron chi connectivity index (χ4n) is 4.99. The van der Waals surface area contributed by atoms with Crippen molar-refractivity contribution in [1.29, 1.82) is 0 Å². The van der Waals surface area contributed by atoms with Crippen LogP contribution in [0.25, 0.3) is 0 Å². The summed E-state index contributed by atoms with van der Waals surface area (Å²) in [5, 5.41) is 0. The number of halogens is 1. The van der Waals surface area contributed by atoms with Crippen molar-refractivity contribution in [3.05, 3.63) is 0 Å². The predicted octanol–water partition coefficient (Wildman–Crippen LogP) is 3.15. The Hall–Kier alpha value is -0.0800. The second-order valence-corrected chi connectivity index (χ2v) is 7.20. The van der Waals surface area contributed by atoms with Crippen LogP contribution < -0.4 is 0 Å². The van der Waals surface area contributed by atoms with Crippen LogP contribution in [-0.2, 0) is 4.79 Å². The topological polar surface area (TPSA) is 20.3 Å². The fraction of sp³-hybridized carbons (Fsp3) is 0.933. The Morgan fingerprint density at radius 2 is 1.56 bits per heavy atom. The highest BCUT2D eigenvalue weighted by Crippen LogP contribution is 2.58. The molecule has 18 heavy (non-hydrogen) atoms. The van der Waals surface area contributed by atoms with Gasteiger partial charge in [-0.2, -0.15) is 0 Å². The summed E-state index contributed by atoms with van der Waals surface area (Å²) >= 11 is 0. The third-order valence-corrected chi connectivity index (χ3v) is 5.41. The number of nitrogens with zero attached hydrogens (tertiary/aromatic N) is 1. The van der Waals surface area contributed by atoms with E-state index in [4.69, 9.17) is 0 Å². The molecule has 0 heterocycles. The van der Waals surface area contributed by atoms with E-state index in [0.29, 0.717) is 12.3 Å². The predicted molar refractivity (Wildman–Crippen MR) is 76.0 cm³/mol. The molecule has 4 saturated carbocycles. The van der Waals surface area contributed by atoms with Gasteiger partial charge in [-0.1, -0.05) is 12.8 Å². The van der Waals surface area contributed by atoms with Crippen LogP contribution in [0.1, 0.15) is 44.9 Å². The molecule has 0 amide bonds. The SMILES string of the molecule is CN(C)CC(=O)C12CC3CCC(CC(C3)C1)C2.Cl. The number of fused-ring (bicyclic) bond motifs is 1. The lowest BCUT2D eigenvalue weighted by atomic mass is 9.57.